The topological polar surface area (TPSA) is 147 Å². The van der Waals surface area contributed by atoms with Gasteiger partial charge in [0.15, 0.2) is 0 Å². The summed E-state index contributed by atoms with van der Waals surface area (Å²) >= 11 is 0. The van der Waals surface area contributed by atoms with Gasteiger partial charge in [0.1, 0.15) is 29.0 Å². The summed E-state index contributed by atoms with van der Waals surface area (Å²) in [5.74, 6) is 2.36. The van der Waals surface area contributed by atoms with E-state index in [1.54, 1.807) is 56.0 Å². The summed E-state index contributed by atoms with van der Waals surface area (Å²) in [4.78, 5) is 26.1. The molecule has 9 rings (SSSR count). The lowest BCUT2D eigenvalue weighted by Crippen LogP contribution is -2.34. The number of hydrogen-bond acceptors (Lipinski definition) is 9. The molecule has 2 atom stereocenters. The maximum atomic E-state index is 13.2. The van der Waals surface area contributed by atoms with Crippen LogP contribution in [0.15, 0.2) is 146 Å². The number of aromatic nitrogens is 4. The van der Waals surface area contributed by atoms with E-state index in [0.717, 1.165) is 64.7 Å². The number of pyridine rings is 2. The van der Waals surface area contributed by atoms with Crippen LogP contribution in [0, 0.1) is 36.8 Å². The number of imidazole rings is 1. The summed E-state index contributed by atoms with van der Waals surface area (Å²) < 4.78 is 37.4. The van der Waals surface area contributed by atoms with Gasteiger partial charge in [-0.2, -0.15) is 5.26 Å². The van der Waals surface area contributed by atoms with Crippen LogP contribution in [0.25, 0.3) is 22.5 Å². The molecule has 0 aliphatic carbocycles. The van der Waals surface area contributed by atoms with Gasteiger partial charge in [0.2, 0.25) is 5.91 Å². The van der Waals surface area contributed by atoms with Gasteiger partial charge in [-0.3, -0.25) is 14.8 Å². The van der Waals surface area contributed by atoms with Crippen molar-refractivity contribution in [2.45, 2.75) is 58.2 Å². The molecule has 11 nitrogen and oxygen atoms in total. The fourth-order valence-electron chi connectivity index (χ4n) is 7.00. The first-order valence-corrected chi connectivity index (χ1v) is 21.1. The molecule has 0 bridgehead atoms. The third kappa shape index (κ3) is 14.4. The van der Waals surface area contributed by atoms with Crippen molar-refractivity contribution in [1.29, 1.82) is 5.26 Å². The number of likely N-dealkylation sites (tertiary alicyclic amines) is 1. The van der Waals surface area contributed by atoms with Crippen LogP contribution in [0.1, 0.15) is 53.4 Å². The van der Waals surface area contributed by atoms with Crippen molar-refractivity contribution in [2.24, 2.45) is 0 Å². The minimum atomic E-state index is -0.311. The Morgan fingerprint density at radius 3 is 1.65 bits per heavy atom. The van der Waals surface area contributed by atoms with E-state index in [0.29, 0.717) is 18.5 Å². The molecule has 2 aliphatic rings. The van der Waals surface area contributed by atoms with Crippen molar-refractivity contribution in [3.05, 3.63) is 186 Å². The minimum absolute atomic E-state index is 0.00864. The summed E-state index contributed by atoms with van der Waals surface area (Å²) in [6, 6.07) is 37.3. The number of aryl methyl sites for hydroxylation is 3. The number of hydrogen-bond donors (Lipinski definition) is 2. The highest BCUT2D eigenvalue weighted by molar-refractivity contribution is 5.79. The second kappa shape index (κ2) is 25.1. The average molecular weight is 881 g/mol. The number of ether oxygens (including phenoxy) is 2. The zero-order valence-corrected chi connectivity index (χ0v) is 37.0. The molecule has 0 saturated carbocycles. The highest BCUT2D eigenvalue weighted by Crippen LogP contribution is 2.39. The van der Waals surface area contributed by atoms with Crippen molar-refractivity contribution in [2.75, 3.05) is 27.4 Å². The van der Waals surface area contributed by atoms with Gasteiger partial charge in [0, 0.05) is 55.3 Å². The Morgan fingerprint density at radius 1 is 0.662 bits per heavy atom. The van der Waals surface area contributed by atoms with E-state index in [9.17, 15) is 18.7 Å². The predicted molar refractivity (Wildman–Crippen MR) is 247 cm³/mol. The molecule has 1 fully saturated rings. The SMILES string of the molecule is COc1ccc(C)cc1.COc1ccc(C)cc1.N#Cc1ccc(F)cc1.O=C1CC[C@@H](CO)N1Cc1ccncc1.OC[C@@H]1CCc2nc(-c3ccc(F)cc3)c(-c3ccncc3)n21. The molecule has 1 saturated heterocycles. The first kappa shape index (κ1) is 48.8. The molecule has 2 aliphatic heterocycles. The third-order valence-electron chi connectivity index (χ3n) is 10.6. The first-order valence-electron chi connectivity index (χ1n) is 21.1. The maximum absolute atomic E-state index is 13.2. The number of carbonyl (C=O) groups excluding carboxylic acids is 1. The molecule has 1 amide bonds. The molecule has 3 aromatic heterocycles. The van der Waals surface area contributed by atoms with Crippen molar-refractivity contribution in [1.82, 2.24) is 24.4 Å². The normalized spacial score (nSPS) is 14.4. The van der Waals surface area contributed by atoms with E-state index in [2.05, 4.69) is 28.4 Å². The Balaban J connectivity index is 0.000000163. The molecule has 4 aromatic carbocycles. The predicted octanol–water partition coefficient (Wildman–Crippen LogP) is 9.50. The van der Waals surface area contributed by atoms with Gasteiger partial charge in [0.25, 0.3) is 0 Å². The lowest BCUT2D eigenvalue weighted by Gasteiger charge is -2.23. The number of halogens is 2. The van der Waals surface area contributed by atoms with Gasteiger partial charge in [0.05, 0.1) is 62.5 Å². The van der Waals surface area contributed by atoms with E-state index < -0.39 is 0 Å². The molecule has 0 radical (unpaired) electrons. The molecule has 336 valence electrons. The van der Waals surface area contributed by atoms with E-state index in [1.807, 2.05) is 78.9 Å². The molecule has 0 spiro atoms. The number of methoxy groups -OCH3 is 2. The molecule has 65 heavy (non-hydrogen) atoms. The zero-order valence-electron chi connectivity index (χ0n) is 37.0. The first-order chi connectivity index (χ1) is 31.6. The number of fused-ring (bicyclic) bond motifs is 1. The fourth-order valence-corrected chi connectivity index (χ4v) is 7.00. The van der Waals surface area contributed by atoms with Gasteiger partial charge < -0.3 is 29.2 Å². The van der Waals surface area contributed by atoms with Crippen molar-refractivity contribution < 1.29 is 33.3 Å². The Morgan fingerprint density at radius 2 is 1.15 bits per heavy atom. The highest BCUT2D eigenvalue weighted by atomic mass is 19.1. The van der Waals surface area contributed by atoms with Crippen LogP contribution in [0.3, 0.4) is 0 Å². The summed E-state index contributed by atoms with van der Waals surface area (Å²) in [6.45, 7) is 4.83. The second-order valence-electron chi connectivity index (χ2n) is 15.1. The number of benzene rings is 4. The van der Waals surface area contributed by atoms with Crippen LogP contribution in [0.2, 0.25) is 0 Å². The Kier molecular flexibility index (Phi) is 18.9. The largest absolute Gasteiger partial charge is 0.497 e. The zero-order chi connectivity index (χ0) is 46.6. The van der Waals surface area contributed by atoms with E-state index in [4.69, 9.17) is 24.8 Å². The molecule has 2 N–H and O–H groups in total. The second-order valence-corrected chi connectivity index (χ2v) is 15.1. The minimum Gasteiger partial charge on any atom is -0.497 e. The third-order valence-corrected chi connectivity index (χ3v) is 10.6. The number of nitriles is 1. The monoisotopic (exact) mass is 880 g/mol. The van der Waals surface area contributed by atoms with Gasteiger partial charge in [-0.05, 0) is 129 Å². The van der Waals surface area contributed by atoms with Crippen LogP contribution in [0.5, 0.6) is 11.5 Å². The number of nitrogens with zero attached hydrogens (tertiary/aromatic N) is 6. The van der Waals surface area contributed by atoms with Crippen LogP contribution < -0.4 is 9.47 Å². The number of aliphatic hydroxyl groups is 2. The number of rotatable bonds is 8. The van der Waals surface area contributed by atoms with Gasteiger partial charge in [-0.15, -0.1) is 0 Å². The van der Waals surface area contributed by atoms with E-state index >= 15 is 0 Å². The Labute approximate surface area is 379 Å². The number of aliphatic hydroxyl groups excluding tert-OH is 2. The van der Waals surface area contributed by atoms with Crippen molar-refractivity contribution in [3.63, 3.8) is 0 Å². The molecule has 13 heteroatoms. The molecular weight excluding hydrogens is 827 g/mol. The van der Waals surface area contributed by atoms with Crippen molar-refractivity contribution in [3.8, 4) is 40.1 Å². The molecule has 5 heterocycles. The lowest BCUT2D eigenvalue weighted by molar-refractivity contribution is -0.130. The molecule has 0 unspecified atom stereocenters. The summed E-state index contributed by atoms with van der Waals surface area (Å²) in [7, 11) is 3.34. The smallest absolute Gasteiger partial charge is 0.223 e. The van der Waals surface area contributed by atoms with Gasteiger partial charge in [-0.25, -0.2) is 13.8 Å². The van der Waals surface area contributed by atoms with Crippen molar-refractivity contribution >= 4 is 5.91 Å². The van der Waals surface area contributed by atoms with Gasteiger partial charge >= 0.3 is 0 Å². The lowest BCUT2D eigenvalue weighted by atomic mass is 10.0. The van der Waals surface area contributed by atoms with Crippen LogP contribution in [-0.2, 0) is 17.8 Å². The standard InChI is InChI=1S/C18H16FN3O.C11H14N2O2.2C8H10O.C7H4FN/c19-14-3-1-12(2-4-14)17-18(13-7-9-20-10-8-13)22-15(11-23)5-6-16(22)21-17;14-8-10-1-2-11(15)13(10)7-9-3-5-12-6-4-9;2*1-7-3-5-8(9-2)6-4-7;8-7-3-1-6(5-9)2-4-7/h1-4,7-10,15,23H,5-6,11H2;3-6,10,14H,1-2,7-8H2;2*3-6H,1-2H3;1-4H/t15-;10-;;;/m00.../s1. The summed E-state index contributed by atoms with van der Waals surface area (Å²) in [5.41, 5.74) is 7.71. The van der Waals surface area contributed by atoms with E-state index in [-0.39, 0.29) is 42.8 Å². The number of amides is 1. The van der Waals surface area contributed by atoms with Crippen LogP contribution in [0.4, 0.5) is 8.78 Å². The van der Waals surface area contributed by atoms with Crippen LogP contribution in [-0.4, -0.2) is 74.0 Å². The Bertz CT molecular complexity index is 2490. The van der Waals surface area contributed by atoms with E-state index in [1.165, 1.54) is 47.5 Å². The average Bonchev–Trinajstić information content (AvgIpc) is 4.04. The quantitative estimate of drug-likeness (QED) is 0.152. The molecule has 7 aromatic rings. The summed E-state index contributed by atoms with van der Waals surface area (Å²) in [6.07, 6.45) is 9.95. The Hall–Kier alpha value is -7.27. The van der Waals surface area contributed by atoms with Gasteiger partial charge in [-0.1, -0.05) is 35.4 Å². The highest BCUT2D eigenvalue weighted by Gasteiger charge is 2.31. The maximum Gasteiger partial charge on any atom is 0.223 e. The molecular formula is C52H54F2N6O5. The fraction of sp³-hybridized carbons (Fsp3) is 0.250. The summed E-state index contributed by atoms with van der Waals surface area (Å²) in [5, 5.41) is 27.1. The number of carbonyl (C=O) groups is 1. The van der Waals surface area contributed by atoms with Crippen LogP contribution >= 0.6 is 0 Å².